The number of rotatable bonds is 4. The fraction of sp³-hybridized carbons (Fsp3) is 0.562. The average Bonchev–Trinajstić information content (AvgIpc) is 2.45. The number of hydrogen-bond acceptors (Lipinski definition) is 3. The van der Waals surface area contributed by atoms with Crippen LogP contribution >= 0.6 is 11.6 Å². The molecule has 1 aromatic carbocycles. The van der Waals surface area contributed by atoms with Crippen molar-refractivity contribution < 1.29 is 19.0 Å². The number of halogens is 2. The molecule has 2 aliphatic rings. The minimum atomic E-state index is -0.745. The summed E-state index contributed by atoms with van der Waals surface area (Å²) in [7, 11) is 0. The van der Waals surface area contributed by atoms with E-state index in [0.29, 0.717) is 36.6 Å². The molecule has 2 fully saturated rings. The van der Waals surface area contributed by atoms with E-state index in [4.69, 9.17) is 21.4 Å². The highest BCUT2D eigenvalue weighted by Gasteiger charge is 2.51. The largest absolute Gasteiger partial charge is 0.481 e. The molecule has 1 saturated heterocycles. The number of carboxylic acids is 1. The van der Waals surface area contributed by atoms with Crippen LogP contribution < -0.4 is 5.32 Å². The van der Waals surface area contributed by atoms with Gasteiger partial charge >= 0.3 is 5.97 Å². The molecule has 3 rings (SSSR count). The zero-order valence-electron chi connectivity index (χ0n) is 12.1. The summed E-state index contributed by atoms with van der Waals surface area (Å²) in [5.74, 6) is -1.30. The molecule has 0 aromatic heterocycles. The van der Waals surface area contributed by atoms with Crippen molar-refractivity contribution in [3.63, 3.8) is 0 Å². The fourth-order valence-electron chi connectivity index (χ4n) is 3.43. The molecular weight excluding hydrogens is 309 g/mol. The monoisotopic (exact) mass is 327 g/mol. The third kappa shape index (κ3) is 3.26. The van der Waals surface area contributed by atoms with Crippen LogP contribution in [0.1, 0.15) is 31.2 Å². The smallest absolute Gasteiger partial charge is 0.306 e. The first-order valence-electron chi connectivity index (χ1n) is 7.51. The van der Waals surface area contributed by atoms with E-state index in [0.717, 1.165) is 12.8 Å². The lowest BCUT2D eigenvalue weighted by Gasteiger charge is -2.50. The Kier molecular flexibility index (Phi) is 4.39. The molecule has 0 amide bonds. The molecule has 1 aromatic rings. The Bertz CT molecular complexity index is 575. The molecule has 22 heavy (non-hydrogen) atoms. The van der Waals surface area contributed by atoms with Crippen LogP contribution in [-0.2, 0) is 16.1 Å². The second-order valence-corrected chi connectivity index (χ2v) is 6.72. The third-order valence-electron chi connectivity index (χ3n) is 4.67. The van der Waals surface area contributed by atoms with Gasteiger partial charge in [-0.05, 0) is 43.9 Å². The van der Waals surface area contributed by atoms with E-state index in [2.05, 4.69) is 5.32 Å². The molecule has 4 nitrogen and oxygen atoms in total. The number of carbonyl (C=O) groups is 1. The minimum absolute atomic E-state index is 0.210. The topological polar surface area (TPSA) is 58.6 Å². The Morgan fingerprint density at radius 1 is 1.45 bits per heavy atom. The molecule has 1 saturated carbocycles. The summed E-state index contributed by atoms with van der Waals surface area (Å²) in [5.41, 5.74) is 0.247. The van der Waals surface area contributed by atoms with Crippen molar-refractivity contribution >= 4 is 17.6 Å². The molecule has 1 aliphatic carbocycles. The molecule has 1 aliphatic heterocycles. The minimum Gasteiger partial charge on any atom is -0.481 e. The molecule has 1 heterocycles. The van der Waals surface area contributed by atoms with Crippen LogP contribution in [0, 0.1) is 11.7 Å². The summed E-state index contributed by atoms with van der Waals surface area (Å²) in [5, 5.41) is 12.9. The lowest BCUT2D eigenvalue weighted by atomic mass is 9.66. The van der Waals surface area contributed by atoms with Crippen molar-refractivity contribution in [3.8, 4) is 0 Å². The maximum atomic E-state index is 13.7. The highest BCUT2D eigenvalue weighted by molar-refractivity contribution is 6.30. The molecule has 1 spiro atoms. The molecule has 6 heteroatoms. The summed E-state index contributed by atoms with van der Waals surface area (Å²) in [6, 6.07) is 4.74. The summed E-state index contributed by atoms with van der Waals surface area (Å²) >= 11 is 5.89. The standard InChI is InChI=1S/C16H19ClFNO3/c17-12-1-2-14(18)10(5-12)9-19-13-3-4-22-16(8-13)6-11(7-16)15(20)21/h1-2,5,11,13,19H,3-4,6-9H2,(H,20,21). The zero-order valence-corrected chi connectivity index (χ0v) is 12.9. The van der Waals surface area contributed by atoms with Gasteiger partial charge in [-0.15, -0.1) is 0 Å². The van der Waals surface area contributed by atoms with Crippen LogP contribution in [-0.4, -0.2) is 29.3 Å². The molecule has 120 valence electrons. The van der Waals surface area contributed by atoms with E-state index in [1.54, 1.807) is 6.07 Å². The summed E-state index contributed by atoms with van der Waals surface area (Å²) in [6.45, 7) is 1.03. The lowest BCUT2D eigenvalue weighted by molar-refractivity contribution is -0.181. The van der Waals surface area contributed by atoms with Crippen molar-refractivity contribution in [1.82, 2.24) is 5.32 Å². The van der Waals surface area contributed by atoms with Crippen LogP contribution in [0.4, 0.5) is 4.39 Å². The Morgan fingerprint density at radius 3 is 2.95 bits per heavy atom. The van der Waals surface area contributed by atoms with Crippen molar-refractivity contribution in [2.75, 3.05) is 6.61 Å². The van der Waals surface area contributed by atoms with Gasteiger partial charge in [0.25, 0.3) is 0 Å². The third-order valence-corrected chi connectivity index (χ3v) is 4.90. The van der Waals surface area contributed by atoms with Gasteiger partial charge < -0.3 is 15.2 Å². The van der Waals surface area contributed by atoms with Gasteiger partial charge in [0, 0.05) is 29.8 Å². The van der Waals surface area contributed by atoms with Gasteiger partial charge in [0.1, 0.15) is 5.82 Å². The number of aliphatic carboxylic acids is 1. The Morgan fingerprint density at radius 2 is 2.23 bits per heavy atom. The SMILES string of the molecule is O=C(O)C1CC2(CC(NCc3cc(Cl)ccc3F)CCO2)C1. The van der Waals surface area contributed by atoms with E-state index in [1.165, 1.54) is 12.1 Å². The molecule has 2 N–H and O–H groups in total. The molecular formula is C16H19ClFNO3. The highest BCUT2D eigenvalue weighted by atomic mass is 35.5. The van der Waals surface area contributed by atoms with E-state index in [1.807, 2.05) is 0 Å². The van der Waals surface area contributed by atoms with Crippen molar-refractivity contribution in [2.45, 2.75) is 43.9 Å². The maximum absolute atomic E-state index is 13.7. The molecule has 0 radical (unpaired) electrons. The van der Waals surface area contributed by atoms with Crippen LogP contribution in [0.25, 0.3) is 0 Å². The first kappa shape index (κ1) is 15.7. The van der Waals surface area contributed by atoms with E-state index >= 15 is 0 Å². The van der Waals surface area contributed by atoms with Crippen LogP contribution in [0.5, 0.6) is 0 Å². The summed E-state index contributed by atoms with van der Waals surface area (Å²) < 4.78 is 19.5. The zero-order chi connectivity index (χ0) is 15.7. The van der Waals surface area contributed by atoms with Crippen LogP contribution in [0.15, 0.2) is 18.2 Å². The number of hydrogen-bond donors (Lipinski definition) is 2. The molecule has 1 unspecified atom stereocenters. The number of carboxylic acid groups (broad SMARTS) is 1. The van der Waals surface area contributed by atoms with Gasteiger partial charge in [0.05, 0.1) is 11.5 Å². The van der Waals surface area contributed by atoms with Gasteiger partial charge in [-0.2, -0.15) is 0 Å². The molecule has 0 bridgehead atoms. The van der Waals surface area contributed by atoms with Crippen molar-refractivity contribution in [2.24, 2.45) is 5.92 Å². The van der Waals surface area contributed by atoms with Gasteiger partial charge in [-0.1, -0.05) is 11.6 Å². The average molecular weight is 328 g/mol. The van der Waals surface area contributed by atoms with E-state index in [-0.39, 0.29) is 23.4 Å². The van der Waals surface area contributed by atoms with E-state index in [9.17, 15) is 9.18 Å². The van der Waals surface area contributed by atoms with Crippen LogP contribution in [0.3, 0.4) is 0 Å². The predicted octanol–water partition coefficient (Wildman–Crippen LogP) is 2.98. The van der Waals surface area contributed by atoms with Gasteiger partial charge in [0.2, 0.25) is 0 Å². The first-order valence-corrected chi connectivity index (χ1v) is 7.89. The number of ether oxygens (including phenoxy) is 1. The lowest BCUT2D eigenvalue weighted by Crippen LogP contribution is -2.55. The predicted molar refractivity (Wildman–Crippen MR) is 80.3 cm³/mol. The number of nitrogens with one attached hydrogen (secondary N) is 1. The molecule has 1 atom stereocenters. The van der Waals surface area contributed by atoms with E-state index < -0.39 is 5.97 Å². The first-order chi connectivity index (χ1) is 10.5. The highest BCUT2D eigenvalue weighted by Crippen LogP contribution is 2.46. The summed E-state index contributed by atoms with van der Waals surface area (Å²) in [4.78, 5) is 10.9. The maximum Gasteiger partial charge on any atom is 0.306 e. The van der Waals surface area contributed by atoms with Gasteiger partial charge in [-0.3, -0.25) is 4.79 Å². The van der Waals surface area contributed by atoms with Gasteiger partial charge in [0.15, 0.2) is 0 Å². The second-order valence-electron chi connectivity index (χ2n) is 6.28. The number of benzene rings is 1. The van der Waals surface area contributed by atoms with Crippen LogP contribution in [0.2, 0.25) is 5.02 Å². The van der Waals surface area contributed by atoms with Crippen molar-refractivity contribution in [1.29, 1.82) is 0 Å². The summed E-state index contributed by atoms with van der Waals surface area (Å²) in [6.07, 6.45) is 2.78. The fourth-order valence-corrected chi connectivity index (χ4v) is 3.63. The normalized spacial score (nSPS) is 31.0. The quantitative estimate of drug-likeness (QED) is 0.892. The van der Waals surface area contributed by atoms with Crippen molar-refractivity contribution in [3.05, 3.63) is 34.6 Å². The Balaban J connectivity index is 1.55. The Labute approximate surface area is 133 Å². The van der Waals surface area contributed by atoms with Gasteiger partial charge in [-0.25, -0.2) is 4.39 Å². The Hall–Kier alpha value is -1.17. The second kappa shape index (κ2) is 6.14.